The van der Waals surface area contributed by atoms with Crippen LogP contribution in [-0.2, 0) is 11.2 Å². The van der Waals surface area contributed by atoms with E-state index in [9.17, 15) is 9.59 Å². The summed E-state index contributed by atoms with van der Waals surface area (Å²) in [6.07, 6.45) is 2.16. The second-order valence-corrected chi connectivity index (χ2v) is 7.12. The summed E-state index contributed by atoms with van der Waals surface area (Å²) < 4.78 is 12.1. The summed E-state index contributed by atoms with van der Waals surface area (Å²) in [6, 6.07) is 10.5. The van der Waals surface area contributed by atoms with Crippen LogP contribution in [0.3, 0.4) is 0 Å². The highest BCUT2D eigenvalue weighted by molar-refractivity contribution is 6.03. The zero-order valence-corrected chi connectivity index (χ0v) is 16.2. The topological polar surface area (TPSA) is 99.2 Å². The first-order valence-corrected chi connectivity index (χ1v) is 8.91. The van der Waals surface area contributed by atoms with E-state index < -0.39 is 17.5 Å². The first-order valence-electron chi connectivity index (χ1n) is 8.91. The molecule has 0 bridgehead atoms. The van der Waals surface area contributed by atoms with Gasteiger partial charge in [0, 0.05) is 6.07 Å². The van der Waals surface area contributed by atoms with E-state index >= 15 is 0 Å². The fraction of sp³-hybridized carbons (Fsp3) is 0.300. The Hall–Kier alpha value is -3.42. The van der Waals surface area contributed by atoms with Gasteiger partial charge in [-0.3, -0.25) is 10.1 Å². The number of hydrogen-bond donors (Lipinski definition) is 1. The molecule has 2 aromatic heterocycles. The number of amides is 1. The molecule has 0 saturated carbocycles. The molecule has 1 amide bonds. The summed E-state index contributed by atoms with van der Waals surface area (Å²) in [5.74, 6) is -1.11. The van der Waals surface area contributed by atoms with Crippen molar-refractivity contribution < 1.29 is 18.7 Å². The quantitative estimate of drug-likeness (QED) is 0.677. The molecule has 1 N–H and O–H groups in total. The van der Waals surface area contributed by atoms with E-state index in [2.05, 4.69) is 15.4 Å². The van der Waals surface area contributed by atoms with Gasteiger partial charge in [-0.1, -0.05) is 25.1 Å². The van der Waals surface area contributed by atoms with E-state index in [1.54, 1.807) is 32.9 Å². The van der Waals surface area contributed by atoms with Crippen molar-refractivity contribution >= 4 is 17.9 Å². The molecule has 0 aliphatic carbocycles. The van der Waals surface area contributed by atoms with Crippen molar-refractivity contribution in [2.24, 2.45) is 0 Å². The molecule has 3 rings (SSSR count). The number of esters is 1. The second kappa shape index (κ2) is 7.67. The van der Waals surface area contributed by atoms with E-state index in [1.807, 2.05) is 25.1 Å². The van der Waals surface area contributed by atoms with Crippen molar-refractivity contribution in [1.29, 1.82) is 0 Å². The molecule has 2 heterocycles. The maximum Gasteiger partial charge on any atom is 0.357 e. The van der Waals surface area contributed by atoms with Crippen LogP contribution in [0.5, 0.6) is 0 Å². The van der Waals surface area contributed by atoms with Crippen molar-refractivity contribution in [3.63, 3.8) is 0 Å². The minimum absolute atomic E-state index is 0.0426. The van der Waals surface area contributed by atoms with Gasteiger partial charge in [-0.05, 0) is 39.3 Å². The van der Waals surface area contributed by atoms with E-state index in [0.717, 1.165) is 5.69 Å². The monoisotopic (exact) mass is 382 g/mol. The van der Waals surface area contributed by atoms with E-state index in [4.69, 9.17) is 9.15 Å². The van der Waals surface area contributed by atoms with Gasteiger partial charge in [0.25, 0.3) is 5.91 Å². The van der Waals surface area contributed by atoms with Crippen LogP contribution in [0.2, 0.25) is 0 Å². The van der Waals surface area contributed by atoms with Gasteiger partial charge in [0.2, 0.25) is 0 Å². The minimum Gasteiger partial charge on any atom is -0.455 e. The van der Waals surface area contributed by atoms with Crippen molar-refractivity contribution in [3.8, 4) is 5.69 Å². The van der Waals surface area contributed by atoms with Gasteiger partial charge in [-0.2, -0.15) is 10.1 Å². The molecule has 0 fully saturated rings. The first kappa shape index (κ1) is 19.3. The predicted molar refractivity (Wildman–Crippen MR) is 103 cm³/mol. The number of nitrogens with zero attached hydrogens (tertiary/aromatic N) is 3. The highest BCUT2D eigenvalue weighted by atomic mass is 16.6. The van der Waals surface area contributed by atoms with E-state index in [0.29, 0.717) is 12.1 Å². The number of hydrogen-bond acceptors (Lipinski definition) is 6. The molecule has 0 atom stereocenters. The molecule has 1 aromatic carbocycles. The van der Waals surface area contributed by atoms with Gasteiger partial charge < -0.3 is 9.15 Å². The molecule has 0 radical (unpaired) electrons. The molecule has 0 aliphatic rings. The third-order valence-electron chi connectivity index (χ3n) is 3.69. The lowest BCUT2D eigenvalue weighted by molar-refractivity contribution is 0.00593. The third-order valence-corrected chi connectivity index (χ3v) is 3.69. The molecule has 146 valence electrons. The van der Waals surface area contributed by atoms with Crippen LogP contribution in [-0.4, -0.2) is 32.2 Å². The van der Waals surface area contributed by atoms with Gasteiger partial charge in [0.1, 0.15) is 11.9 Å². The Morgan fingerprint density at radius 2 is 1.93 bits per heavy atom. The lowest BCUT2D eigenvalue weighted by Crippen LogP contribution is -2.25. The molecule has 3 aromatic rings. The van der Waals surface area contributed by atoms with Crippen molar-refractivity contribution in [1.82, 2.24) is 14.8 Å². The normalized spacial score (nSPS) is 11.3. The number of nitrogens with one attached hydrogen (secondary N) is 1. The number of benzene rings is 1. The number of carbonyl (C=O) groups is 2. The lowest BCUT2D eigenvalue weighted by atomic mass is 10.2. The Labute approximate surface area is 162 Å². The van der Waals surface area contributed by atoms with Gasteiger partial charge in [-0.25, -0.2) is 9.48 Å². The van der Waals surface area contributed by atoms with Crippen LogP contribution in [0, 0.1) is 0 Å². The number of para-hydroxylation sites is 1. The molecular weight excluding hydrogens is 360 g/mol. The molecule has 28 heavy (non-hydrogen) atoms. The number of aromatic nitrogens is 3. The maximum atomic E-state index is 12.6. The predicted octanol–water partition coefficient (Wildman–Crippen LogP) is 3.63. The number of oxazole rings is 1. The highest BCUT2D eigenvalue weighted by Gasteiger charge is 2.25. The average Bonchev–Trinajstić information content (AvgIpc) is 3.28. The molecule has 0 spiro atoms. The second-order valence-electron chi connectivity index (χ2n) is 7.12. The molecule has 8 nitrogen and oxygen atoms in total. The minimum atomic E-state index is -0.681. The Morgan fingerprint density at radius 1 is 1.21 bits per heavy atom. The Bertz CT molecular complexity index is 983. The fourth-order valence-electron chi connectivity index (χ4n) is 2.42. The summed E-state index contributed by atoms with van der Waals surface area (Å²) >= 11 is 0. The van der Waals surface area contributed by atoms with Crippen LogP contribution < -0.4 is 5.32 Å². The molecular formula is C20H22N4O4. The number of carbonyl (C=O) groups excluding carboxylic acids is 2. The van der Waals surface area contributed by atoms with E-state index in [-0.39, 0.29) is 17.4 Å². The zero-order chi connectivity index (χ0) is 20.3. The van der Waals surface area contributed by atoms with Crippen molar-refractivity contribution in [2.45, 2.75) is 39.7 Å². The van der Waals surface area contributed by atoms with Gasteiger partial charge >= 0.3 is 12.0 Å². The van der Waals surface area contributed by atoms with Gasteiger partial charge in [0.05, 0.1) is 11.4 Å². The maximum absolute atomic E-state index is 12.6. The van der Waals surface area contributed by atoms with Crippen LogP contribution in [0.25, 0.3) is 5.69 Å². The number of rotatable bonds is 5. The van der Waals surface area contributed by atoms with Crippen LogP contribution in [0.1, 0.15) is 54.4 Å². The molecule has 0 unspecified atom stereocenters. The molecule has 0 aliphatic heterocycles. The van der Waals surface area contributed by atoms with Crippen molar-refractivity contribution in [3.05, 3.63) is 59.7 Å². The SMILES string of the molecule is CCc1coc(NC(=O)c2cc(C(=O)OC(C)(C)C)n(-c3ccccc3)n2)n1. The van der Waals surface area contributed by atoms with E-state index in [1.165, 1.54) is 17.0 Å². The molecule has 8 heteroatoms. The summed E-state index contributed by atoms with van der Waals surface area (Å²) in [5.41, 5.74) is 0.861. The summed E-state index contributed by atoms with van der Waals surface area (Å²) in [6.45, 7) is 7.25. The first-order chi connectivity index (χ1) is 13.3. The number of anilines is 1. The van der Waals surface area contributed by atoms with Crippen LogP contribution in [0.4, 0.5) is 6.01 Å². The van der Waals surface area contributed by atoms with Crippen LogP contribution in [0.15, 0.2) is 47.1 Å². The van der Waals surface area contributed by atoms with Crippen molar-refractivity contribution in [2.75, 3.05) is 5.32 Å². The highest BCUT2D eigenvalue weighted by Crippen LogP contribution is 2.18. The summed E-state index contributed by atoms with van der Waals surface area (Å²) in [7, 11) is 0. The summed E-state index contributed by atoms with van der Waals surface area (Å²) in [5, 5.41) is 6.84. The smallest absolute Gasteiger partial charge is 0.357 e. The molecule has 0 saturated heterocycles. The Morgan fingerprint density at radius 3 is 2.54 bits per heavy atom. The third kappa shape index (κ3) is 4.46. The van der Waals surface area contributed by atoms with Crippen LogP contribution >= 0.6 is 0 Å². The van der Waals surface area contributed by atoms with Gasteiger partial charge in [-0.15, -0.1) is 0 Å². The zero-order valence-electron chi connectivity index (χ0n) is 16.2. The standard InChI is InChI=1S/C20H22N4O4/c1-5-13-12-27-19(21-13)22-17(25)15-11-16(18(26)28-20(2,3)4)24(23-15)14-9-7-6-8-10-14/h6-12H,5H2,1-4H3,(H,21,22,25). The number of aryl methyl sites for hydroxylation is 1. The van der Waals surface area contributed by atoms with Gasteiger partial charge in [0.15, 0.2) is 11.4 Å². The lowest BCUT2D eigenvalue weighted by Gasteiger charge is -2.19. The number of ether oxygens (including phenoxy) is 1. The average molecular weight is 382 g/mol. The Balaban J connectivity index is 1.94. The fourth-order valence-corrected chi connectivity index (χ4v) is 2.42. The Kier molecular flexibility index (Phi) is 5.30. The summed E-state index contributed by atoms with van der Waals surface area (Å²) in [4.78, 5) is 29.4. The largest absolute Gasteiger partial charge is 0.455 e.